The van der Waals surface area contributed by atoms with Crippen LogP contribution in [0.25, 0.3) is 22.2 Å². The standard InChI is InChI=1S/C19H19N3O3/c1-12-14(13-5-6-16-17(11-13)21-19(24)20-16)3-2-4-15(12)18(23)22-7-9-25-10-8-22/h2-6,11H,7-10H2,1H3,(H2,20,21,24). The van der Waals surface area contributed by atoms with Gasteiger partial charge in [-0.25, -0.2) is 4.79 Å². The fourth-order valence-electron chi connectivity index (χ4n) is 3.32. The number of fused-ring (bicyclic) bond motifs is 1. The predicted octanol–water partition coefficient (Wildman–Crippen LogP) is 2.30. The molecule has 1 fully saturated rings. The van der Waals surface area contributed by atoms with E-state index in [1.54, 1.807) is 0 Å². The molecule has 0 saturated carbocycles. The summed E-state index contributed by atoms with van der Waals surface area (Å²) in [6.45, 7) is 4.38. The van der Waals surface area contributed by atoms with Gasteiger partial charge in [0.25, 0.3) is 5.91 Å². The molecule has 128 valence electrons. The summed E-state index contributed by atoms with van der Waals surface area (Å²) in [4.78, 5) is 31.6. The summed E-state index contributed by atoms with van der Waals surface area (Å²) in [6, 6.07) is 11.5. The van der Waals surface area contributed by atoms with E-state index in [0.29, 0.717) is 31.9 Å². The molecule has 25 heavy (non-hydrogen) atoms. The Labute approximate surface area is 144 Å². The van der Waals surface area contributed by atoms with Gasteiger partial charge in [0.2, 0.25) is 0 Å². The van der Waals surface area contributed by atoms with Gasteiger partial charge in [0.05, 0.1) is 24.2 Å². The minimum absolute atomic E-state index is 0.0405. The van der Waals surface area contributed by atoms with Crippen LogP contribution >= 0.6 is 0 Å². The molecular weight excluding hydrogens is 318 g/mol. The first kappa shape index (κ1) is 15.7. The number of imidazole rings is 1. The number of hydrogen-bond acceptors (Lipinski definition) is 3. The highest BCUT2D eigenvalue weighted by Gasteiger charge is 2.21. The van der Waals surface area contributed by atoms with Crippen molar-refractivity contribution in [1.29, 1.82) is 0 Å². The molecule has 2 N–H and O–H groups in total. The Morgan fingerprint density at radius 1 is 1.08 bits per heavy atom. The Hall–Kier alpha value is -2.86. The summed E-state index contributed by atoms with van der Waals surface area (Å²) < 4.78 is 5.33. The van der Waals surface area contributed by atoms with Crippen molar-refractivity contribution in [3.63, 3.8) is 0 Å². The number of carbonyl (C=O) groups excluding carboxylic acids is 1. The van der Waals surface area contributed by atoms with Crippen molar-refractivity contribution >= 4 is 16.9 Å². The van der Waals surface area contributed by atoms with E-state index < -0.39 is 0 Å². The molecule has 0 unspecified atom stereocenters. The molecule has 0 aliphatic carbocycles. The number of rotatable bonds is 2. The third-order valence-corrected chi connectivity index (χ3v) is 4.69. The second kappa shape index (κ2) is 6.22. The van der Waals surface area contributed by atoms with E-state index in [4.69, 9.17) is 4.74 Å². The van der Waals surface area contributed by atoms with Gasteiger partial charge >= 0.3 is 5.69 Å². The molecular formula is C19H19N3O3. The molecule has 2 aromatic carbocycles. The Bertz CT molecular complexity index is 997. The van der Waals surface area contributed by atoms with Gasteiger partial charge in [0.1, 0.15) is 0 Å². The molecule has 0 bridgehead atoms. The summed E-state index contributed by atoms with van der Waals surface area (Å²) in [6.07, 6.45) is 0. The number of carbonyl (C=O) groups is 1. The lowest BCUT2D eigenvalue weighted by atomic mass is 9.95. The third-order valence-electron chi connectivity index (χ3n) is 4.69. The average Bonchev–Trinajstić information content (AvgIpc) is 3.01. The number of nitrogens with zero attached hydrogens (tertiary/aromatic N) is 1. The molecule has 1 aliphatic heterocycles. The molecule has 0 atom stereocenters. The molecule has 2 heterocycles. The van der Waals surface area contributed by atoms with Gasteiger partial charge in [-0.05, 0) is 41.8 Å². The highest BCUT2D eigenvalue weighted by molar-refractivity contribution is 5.98. The first-order valence-electron chi connectivity index (χ1n) is 8.32. The van der Waals surface area contributed by atoms with Gasteiger partial charge in [-0.1, -0.05) is 18.2 Å². The molecule has 1 amide bonds. The van der Waals surface area contributed by atoms with E-state index in [0.717, 1.165) is 27.7 Å². The maximum atomic E-state index is 12.8. The number of benzene rings is 2. The quantitative estimate of drug-likeness (QED) is 0.753. The van der Waals surface area contributed by atoms with Crippen LogP contribution in [0.2, 0.25) is 0 Å². The normalized spacial score (nSPS) is 14.8. The maximum absolute atomic E-state index is 12.8. The van der Waals surface area contributed by atoms with Crippen LogP contribution in [0.1, 0.15) is 15.9 Å². The minimum Gasteiger partial charge on any atom is -0.378 e. The first-order chi connectivity index (χ1) is 12.1. The SMILES string of the molecule is Cc1c(C(=O)N2CCOCC2)cccc1-c1ccc2[nH]c(=O)[nH]c2c1. The van der Waals surface area contributed by atoms with E-state index in [2.05, 4.69) is 9.97 Å². The number of aromatic amines is 2. The van der Waals surface area contributed by atoms with E-state index >= 15 is 0 Å². The molecule has 3 aromatic rings. The minimum atomic E-state index is -0.222. The molecule has 4 rings (SSSR count). The summed E-state index contributed by atoms with van der Waals surface area (Å²) in [7, 11) is 0. The number of aromatic nitrogens is 2. The van der Waals surface area contributed by atoms with Gasteiger partial charge < -0.3 is 19.6 Å². The zero-order valence-electron chi connectivity index (χ0n) is 14.0. The lowest BCUT2D eigenvalue weighted by Gasteiger charge is -2.27. The van der Waals surface area contributed by atoms with Gasteiger partial charge in [-0.15, -0.1) is 0 Å². The van der Waals surface area contributed by atoms with Crippen molar-refractivity contribution in [3.05, 3.63) is 58.0 Å². The van der Waals surface area contributed by atoms with Crippen LogP contribution in [0.3, 0.4) is 0 Å². The zero-order valence-corrected chi connectivity index (χ0v) is 14.0. The van der Waals surface area contributed by atoms with Crippen LogP contribution < -0.4 is 5.69 Å². The van der Waals surface area contributed by atoms with Crippen LogP contribution in [-0.4, -0.2) is 47.1 Å². The van der Waals surface area contributed by atoms with E-state index in [9.17, 15) is 9.59 Å². The Morgan fingerprint density at radius 3 is 2.64 bits per heavy atom. The van der Waals surface area contributed by atoms with Crippen LogP contribution in [0.4, 0.5) is 0 Å². The Morgan fingerprint density at radius 2 is 1.84 bits per heavy atom. The van der Waals surface area contributed by atoms with Crippen molar-refractivity contribution < 1.29 is 9.53 Å². The summed E-state index contributed by atoms with van der Waals surface area (Å²) in [5, 5.41) is 0. The maximum Gasteiger partial charge on any atom is 0.323 e. The highest BCUT2D eigenvalue weighted by Crippen LogP contribution is 2.28. The van der Waals surface area contributed by atoms with Crippen LogP contribution in [0.15, 0.2) is 41.2 Å². The first-order valence-corrected chi connectivity index (χ1v) is 8.32. The summed E-state index contributed by atoms with van der Waals surface area (Å²) >= 11 is 0. The van der Waals surface area contributed by atoms with E-state index in [1.165, 1.54) is 0 Å². The van der Waals surface area contributed by atoms with Crippen molar-refractivity contribution in [2.45, 2.75) is 6.92 Å². The van der Waals surface area contributed by atoms with Gasteiger partial charge in [-0.3, -0.25) is 4.79 Å². The lowest BCUT2D eigenvalue weighted by Crippen LogP contribution is -2.40. The summed E-state index contributed by atoms with van der Waals surface area (Å²) in [5.41, 5.74) is 4.91. The molecule has 6 heteroatoms. The smallest absolute Gasteiger partial charge is 0.323 e. The molecule has 1 saturated heterocycles. The van der Waals surface area contributed by atoms with Crippen LogP contribution in [0.5, 0.6) is 0 Å². The number of morpholine rings is 1. The third kappa shape index (κ3) is 2.85. The van der Waals surface area contributed by atoms with Crippen molar-refractivity contribution in [3.8, 4) is 11.1 Å². The van der Waals surface area contributed by atoms with Crippen molar-refractivity contribution in [2.24, 2.45) is 0 Å². The molecule has 0 radical (unpaired) electrons. The van der Waals surface area contributed by atoms with Crippen LogP contribution in [0, 0.1) is 6.92 Å². The Kier molecular flexibility index (Phi) is 3.89. The van der Waals surface area contributed by atoms with Gasteiger partial charge in [0.15, 0.2) is 0 Å². The number of hydrogen-bond donors (Lipinski definition) is 2. The second-order valence-corrected chi connectivity index (χ2v) is 6.22. The number of H-pyrrole nitrogens is 2. The van der Waals surface area contributed by atoms with E-state index in [-0.39, 0.29) is 11.6 Å². The highest BCUT2D eigenvalue weighted by atomic mass is 16.5. The zero-order chi connectivity index (χ0) is 17.4. The second-order valence-electron chi connectivity index (χ2n) is 6.22. The molecule has 1 aliphatic rings. The van der Waals surface area contributed by atoms with Crippen molar-refractivity contribution in [2.75, 3.05) is 26.3 Å². The lowest BCUT2D eigenvalue weighted by molar-refractivity contribution is 0.0302. The summed E-state index contributed by atoms with van der Waals surface area (Å²) in [5.74, 6) is 0.0405. The molecule has 1 aromatic heterocycles. The molecule has 6 nitrogen and oxygen atoms in total. The largest absolute Gasteiger partial charge is 0.378 e. The fourth-order valence-corrected chi connectivity index (χ4v) is 3.32. The van der Waals surface area contributed by atoms with Gasteiger partial charge in [-0.2, -0.15) is 0 Å². The van der Waals surface area contributed by atoms with Gasteiger partial charge in [0, 0.05) is 18.7 Å². The monoisotopic (exact) mass is 337 g/mol. The predicted molar refractivity (Wildman–Crippen MR) is 95.8 cm³/mol. The average molecular weight is 337 g/mol. The topological polar surface area (TPSA) is 78.2 Å². The van der Waals surface area contributed by atoms with Crippen LogP contribution in [-0.2, 0) is 4.74 Å². The fraction of sp³-hybridized carbons (Fsp3) is 0.263. The number of amides is 1. The number of nitrogens with one attached hydrogen (secondary N) is 2. The van der Waals surface area contributed by atoms with Crippen molar-refractivity contribution in [1.82, 2.24) is 14.9 Å². The molecule has 0 spiro atoms. The number of ether oxygens (including phenoxy) is 1. The van der Waals surface area contributed by atoms with E-state index in [1.807, 2.05) is 48.2 Å². The Balaban J connectivity index is 1.74.